The minimum Gasteiger partial charge on any atom is -0.489 e. The molecule has 0 aliphatic rings. The molecule has 0 aliphatic carbocycles. The predicted octanol–water partition coefficient (Wildman–Crippen LogP) is 3.29. The highest BCUT2D eigenvalue weighted by atomic mass is 19.1. The summed E-state index contributed by atoms with van der Waals surface area (Å²) in [6, 6.07) is 11.0. The monoisotopic (exact) mass is 290 g/mol. The first-order valence-corrected chi connectivity index (χ1v) is 6.42. The van der Waals surface area contributed by atoms with E-state index in [4.69, 9.17) is 14.6 Å². The molecule has 0 bridgehead atoms. The van der Waals surface area contributed by atoms with Gasteiger partial charge in [-0.15, -0.1) is 0 Å². The van der Waals surface area contributed by atoms with Gasteiger partial charge in [0.1, 0.15) is 24.5 Å². The molecule has 0 radical (unpaired) electrons. The summed E-state index contributed by atoms with van der Waals surface area (Å²) < 4.78 is 23.9. The summed E-state index contributed by atoms with van der Waals surface area (Å²) in [6.45, 7) is 2.04. The first-order chi connectivity index (χ1) is 10.1. The standard InChI is InChI=1S/C16H15FO4/c1-11-6-7-14(12(10-11)16(18)19)20-8-9-21-15-5-3-2-4-13(15)17/h2-7,10H,8-9H2,1H3,(H,18,19). The van der Waals surface area contributed by atoms with E-state index in [1.165, 1.54) is 18.2 Å². The fraction of sp³-hybridized carbons (Fsp3) is 0.188. The summed E-state index contributed by atoms with van der Waals surface area (Å²) in [7, 11) is 0. The summed E-state index contributed by atoms with van der Waals surface area (Å²) in [5.41, 5.74) is 0.934. The van der Waals surface area contributed by atoms with Gasteiger partial charge in [-0.1, -0.05) is 23.8 Å². The average molecular weight is 290 g/mol. The number of carbonyl (C=O) groups is 1. The quantitative estimate of drug-likeness (QED) is 0.829. The van der Waals surface area contributed by atoms with Crippen LogP contribution in [0.15, 0.2) is 42.5 Å². The van der Waals surface area contributed by atoms with E-state index in [9.17, 15) is 9.18 Å². The van der Waals surface area contributed by atoms with Gasteiger partial charge in [0.25, 0.3) is 0 Å². The van der Waals surface area contributed by atoms with E-state index in [1.807, 2.05) is 0 Å². The second kappa shape index (κ2) is 6.74. The third-order valence-corrected chi connectivity index (χ3v) is 2.80. The molecule has 0 aliphatic heterocycles. The molecule has 0 heterocycles. The third-order valence-electron chi connectivity index (χ3n) is 2.80. The van der Waals surface area contributed by atoms with Crippen molar-refractivity contribution in [1.82, 2.24) is 0 Å². The Morgan fingerprint density at radius 3 is 2.43 bits per heavy atom. The van der Waals surface area contributed by atoms with Gasteiger partial charge >= 0.3 is 5.97 Å². The Bertz CT molecular complexity index is 640. The van der Waals surface area contributed by atoms with Gasteiger partial charge in [0.2, 0.25) is 0 Å². The molecule has 0 atom stereocenters. The molecule has 0 saturated carbocycles. The normalized spacial score (nSPS) is 10.2. The number of aromatic carboxylic acids is 1. The van der Waals surface area contributed by atoms with E-state index in [-0.39, 0.29) is 30.3 Å². The topological polar surface area (TPSA) is 55.8 Å². The Kier molecular flexibility index (Phi) is 4.77. The molecule has 0 fully saturated rings. The van der Waals surface area contributed by atoms with Crippen molar-refractivity contribution in [2.24, 2.45) is 0 Å². The summed E-state index contributed by atoms with van der Waals surface area (Å²) in [4.78, 5) is 11.1. The minimum absolute atomic E-state index is 0.0980. The Labute approximate surface area is 121 Å². The molecule has 5 heteroatoms. The van der Waals surface area contributed by atoms with Gasteiger partial charge in [-0.05, 0) is 31.2 Å². The van der Waals surface area contributed by atoms with Crippen LogP contribution >= 0.6 is 0 Å². The van der Waals surface area contributed by atoms with Gasteiger partial charge in [0, 0.05) is 0 Å². The molecule has 2 aromatic carbocycles. The lowest BCUT2D eigenvalue weighted by Crippen LogP contribution is -2.12. The summed E-state index contributed by atoms with van der Waals surface area (Å²) >= 11 is 0. The van der Waals surface area contributed by atoms with Crippen molar-refractivity contribution in [1.29, 1.82) is 0 Å². The fourth-order valence-electron chi connectivity index (χ4n) is 1.80. The summed E-state index contributed by atoms with van der Waals surface area (Å²) in [5, 5.41) is 9.10. The molecule has 0 aromatic heterocycles. The molecule has 0 unspecified atom stereocenters. The first-order valence-electron chi connectivity index (χ1n) is 6.42. The molecular formula is C16H15FO4. The van der Waals surface area contributed by atoms with E-state index in [2.05, 4.69) is 0 Å². The Morgan fingerprint density at radius 1 is 1.10 bits per heavy atom. The maximum absolute atomic E-state index is 13.3. The summed E-state index contributed by atoms with van der Waals surface area (Å²) in [5.74, 6) is -1.09. The highest BCUT2D eigenvalue weighted by molar-refractivity contribution is 5.91. The van der Waals surface area contributed by atoms with Crippen LogP contribution in [0.2, 0.25) is 0 Å². The number of carboxylic acids is 1. The van der Waals surface area contributed by atoms with Gasteiger partial charge in [0.05, 0.1) is 0 Å². The zero-order chi connectivity index (χ0) is 15.2. The number of halogens is 1. The lowest BCUT2D eigenvalue weighted by Gasteiger charge is -2.11. The van der Waals surface area contributed by atoms with E-state index in [0.717, 1.165) is 5.56 Å². The molecule has 4 nitrogen and oxygen atoms in total. The van der Waals surface area contributed by atoms with Crippen molar-refractivity contribution in [3.05, 3.63) is 59.4 Å². The number of ether oxygens (including phenoxy) is 2. The van der Waals surface area contributed by atoms with Crippen LogP contribution in [0.3, 0.4) is 0 Å². The molecule has 2 aromatic rings. The zero-order valence-corrected chi connectivity index (χ0v) is 11.5. The second-order valence-electron chi connectivity index (χ2n) is 4.43. The molecule has 0 saturated heterocycles. The van der Waals surface area contributed by atoms with Crippen molar-refractivity contribution in [2.75, 3.05) is 13.2 Å². The van der Waals surface area contributed by atoms with E-state index in [1.54, 1.807) is 31.2 Å². The summed E-state index contributed by atoms with van der Waals surface area (Å²) in [6.07, 6.45) is 0. The number of benzene rings is 2. The SMILES string of the molecule is Cc1ccc(OCCOc2ccccc2F)c(C(=O)O)c1. The third kappa shape index (κ3) is 3.95. The molecule has 110 valence electrons. The van der Waals surface area contributed by atoms with Crippen LogP contribution in [0.1, 0.15) is 15.9 Å². The zero-order valence-electron chi connectivity index (χ0n) is 11.5. The van der Waals surface area contributed by atoms with E-state index in [0.29, 0.717) is 0 Å². The lowest BCUT2D eigenvalue weighted by atomic mass is 10.1. The van der Waals surface area contributed by atoms with Crippen LogP contribution in [-0.2, 0) is 0 Å². The Morgan fingerprint density at radius 2 is 1.76 bits per heavy atom. The average Bonchev–Trinajstić information content (AvgIpc) is 2.46. The highest BCUT2D eigenvalue weighted by Gasteiger charge is 2.11. The van der Waals surface area contributed by atoms with Crippen LogP contribution in [0, 0.1) is 12.7 Å². The smallest absolute Gasteiger partial charge is 0.339 e. The maximum Gasteiger partial charge on any atom is 0.339 e. The number of carboxylic acid groups (broad SMARTS) is 1. The predicted molar refractivity (Wildman–Crippen MR) is 75.5 cm³/mol. The van der Waals surface area contributed by atoms with Crippen LogP contribution in [0.4, 0.5) is 4.39 Å². The molecule has 21 heavy (non-hydrogen) atoms. The Balaban J connectivity index is 1.92. The first kappa shape index (κ1) is 14.8. The van der Waals surface area contributed by atoms with Crippen LogP contribution < -0.4 is 9.47 Å². The van der Waals surface area contributed by atoms with Gasteiger partial charge in [-0.2, -0.15) is 0 Å². The molecular weight excluding hydrogens is 275 g/mol. The van der Waals surface area contributed by atoms with Gasteiger partial charge in [0.15, 0.2) is 11.6 Å². The number of rotatable bonds is 6. The maximum atomic E-state index is 13.3. The van der Waals surface area contributed by atoms with E-state index >= 15 is 0 Å². The minimum atomic E-state index is -1.05. The number of para-hydroxylation sites is 1. The van der Waals surface area contributed by atoms with Crippen LogP contribution in [0.5, 0.6) is 11.5 Å². The van der Waals surface area contributed by atoms with E-state index < -0.39 is 11.8 Å². The molecule has 0 spiro atoms. The van der Waals surface area contributed by atoms with Gasteiger partial charge < -0.3 is 14.6 Å². The van der Waals surface area contributed by atoms with Crippen LogP contribution in [0.25, 0.3) is 0 Å². The number of hydrogen-bond acceptors (Lipinski definition) is 3. The van der Waals surface area contributed by atoms with Crippen molar-refractivity contribution in [3.8, 4) is 11.5 Å². The molecule has 1 N–H and O–H groups in total. The largest absolute Gasteiger partial charge is 0.489 e. The molecule has 0 amide bonds. The number of hydrogen-bond donors (Lipinski definition) is 1. The lowest BCUT2D eigenvalue weighted by molar-refractivity contribution is 0.0691. The second-order valence-corrected chi connectivity index (χ2v) is 4.43. The van der Waals surface area contributed by atoms with Crippen molar-refractivity contribution in [2.45, 2.75) is 6.92 Å². The van der Waals surface area contributed by atoms with Crippen molar-refractivity contribution >= 4 is 5.97 Å². The Hall–Kier alpha value is -2.56. The number of aryl methyl sites for hydroxylation is 1. The van der Waals surface area contributed by atoms with Crippen molar-refractivity contribution < 1.29 is 23.8 Å². The fourth-order valence-corrected chi connectivity index (χ4v) is 1.80. The highest BCUT2D eigenvalue weighted by Crippen LogP contribution is 2.20. The molecule has 2 rings (SSSR count). The van der Waals surface area contributed by atoms with Gasteiger partial charge in [-0.3, -0.25) is 0 Å². The van der Waals surface area contributed by atoms with Crippen molar-refractivity contribution in [3.63, 3.8) is 0 Å². The van der Waals surface area contributed by atoms with Gasteiger partial charge in [-0.25, -0.2) is 9.18 Å². The van der Waals surface area contributed by atoms with Crippen LogP contribution in [-0.4, -0.2) is 24.3 Å².